The molecule has 0 bridgehead atoms. The molecule has 1 aromatic heterocycles. The van der Waals surface area contributed by atoms with Crippen molar-refractivity contribution in [1.82, 2.24) is 20.0 Å². The van der Waals surface area contributed by atoms with Gasteiger partial charge in [0.15, 0.2) is 0 Å². The maximum Gasteiger partial charge on any atom is 0.211 e. The van der Waals surface area contributed by atoms with Crippen molar-refractivity contribution in [3.63, 3.8) is 0 Å². The first-order chi connectivity index (χ1) is 8.19. The van der Waals surface area contributed by atoms with E-state index in [0.29, 0.717) is 0 Å². The fraction of sp³-hybridized carbons (Fsp3) is 0.750. The number of rotatable bonds is 7. The third kappa shape index (κ3) is 3.71. The molecule has 1 aliphatic rings. The van der Waals surface area contributed by atoms with Crippen molar-refractivity contribution in [1.29, 1.82) is 0 Å². The quantitative estimate of drug-likeness (QED) is 0.756. The molecule has 0 aliphatic heterocycles. The van der Waals surface area contributed by atoms with Gasteiger partial charge in [-0.05, 0) is 19.9 Å². The van der Waals surface area contributed by atoms with Gasteiger partial charge in [-0.25, -0.2) is 4.68 Å². The number of likely N-dealkylation sites (N-methyl/N-ethyl adjacent to an activating group) is 1. The summed E-state index contributed by atoms with van der Waals surface area (Å²) in [5.41, 5.74) is 1.05. The summed E-state index contributed by atoms with van der Waals surface area (Å²) in [5.74, 6) is 0.810. The molecule has 0 aromatic carbocycles. The zero-order valence-corrected chi connectivity index (χ0v) is 10.9. The van der Waals surface area contributed by atoms with E-state index in [4.69, 9.17) is 4.74 Å². The van der Waals surface area contributed by atoms with Crippen LogP contribution in [0.15, 0.2) is 6.07 Å². The van der Waals surface area contributed by atoms with Gasteiger partial charge < -0.3 is 10.1 Å². The fourth-order valence-corrected chi connectivity index (χ4v) is 1.88. The van der Waals surface area contributed by atoms with E-state index in [1.165, 1.54) is 12.8 Å². The molecule has 1 aromatic rings. The van der Waals surface area contributed by atoms with Crippen LogP contribution in [-0.2, 0) is 13.6 Å². The lowest BCUT2D eigenvalue weighted by atomic mass is 10.4. The van der Waals surface area contributed by atoms with E-state index in [1.807, 2.05) is 13.1 Å². The van der Waals surface area contributed by atoms with Gasteiger partial charge in [0, 0.05) is 38.8 Å². The lowest BCUT2D eigenvalue weighted by molar-refractivity contribution is 0.319. The number of hydrogen-bond acceptors (Lipinski definition) is 4. The van der Waals surface area contributed by atoms with Crippen LogP contribution >= 0.6 is 0 Å². The van der Waals surface area contributed by atoms with Crippen molar-refractivity contribution in [3.05, 3.63) is 11.8 Å². The summed E-state index contributed by atoms with van der Waals surface area (Å²) in [6.07, 6.45) is 2.70. The van der Waals surface area contributed by atoms with Gasteiger partial charge in [0.25, 0.3) is 0 Å². The zero-order valence-electron chi connectivity index (χ0n) is 10.9. The molecule has 0 radical (unpaired) electrons. The highest BCUT2D eigenvalue weighted by molar-refractivity contribution is 5.15. The van der Waals surface area contributed by atoms with Crippen molar-refractivity contribution < 1.29 is 4.74 Å². The lowest BCUT2D eigenvalue weighted by Gasteiger charge is -2.15. The van der Waals surface area contributed by atoms with Crippen molar-refractivity contribution in [3.8, 4) is 5.88 Å². The maximum atomic E-state index is 5.20. The van der Waals surface area contributed by atoms with E-state index >= 15 is 0 Å². The number of aromatic nitrogens is 2. The first-order valence-electron chi connectivity index (χ1n) is 6.18. The SMILES string of the molecule is COc1cc(CN(C)CCNC2CC2)nn1C. The van der Waals surface area contributed by atoms with Gasteiger partial charge in [0.1, 0.15) is 0 Å². The Balaban J connectivity index is 1.73. The smallest absolute Gasteiger partial charge is 0.211 e. The molecule has 0 spiro atoms. The average Bonchev–Trinajstić information content (AvgIpc) is 3.03. The number of nitrogens with one attached hydrogen (secondary N) is 1. The Labute approximate surface area is 103 Å². The Kier molecular flexibility index (Phi) is 4.02. The van der Waals surface area contributed by atoms with Crippen LogP contribution in [0.4, 0.5) is 0 Å². The molecular weight excluding hydrogens is 216 g/mol. The molecule has 0 unspecified atom stereocenters. The van der Waals surface area contributed by atoms with Gasteiger partial charge in [0.05, 0.1) is 12.8 Å². The van der Waals surface area contributed by atoms with Gasteiger partial charge in [-0.15, -0.1) is 0 Å². The number of aryl methyl sites for hydroxylation is 1. The molecule has 96 valence electrons. The first kappa shape index (κ1) is 12.4. The molecule has 1 fully saturated rings. The molecule has 1 aliphatic carbocycles. The van der Waals surface area contributed by atoms with Crippen molar-refractivity contribution >= 4 is 0 Å². The summed E-state index contributed by atoms with van der Waals surface area (Å²) in [5, 5.41) is 7.92. The predicted octanol–water partition coefficient (Wildman–Crippen LogP) is 0.612. The van der Waals surface area contributed by atoms with Crippen LogP contribution in [0.2, 0.25) is 0 Å². The zero-order chi connectivity index (χ0) is 12.3. The number of nitrogens with zero attached hydrogens (tertiary/aromatic N) is 3. The van der Waals surface area contributed by atoms with E-state index < -0.39 is 0 Å². The molecule has 1 saturated carbocycles. The van der Waals surface area contributed by atoms with E-state index in [1.54, 1.807) is 11.8 Å². The number of methoxy groups -OCH3 is 1. The Morgan fingerprint density at radius 1 is 1.59 bits per heavy atom. The van der Waals surface area contributed by atoms with E-state index in [0.717, 1.165) is 37.3 Å². The third-order valence-corrected chi connectivity index (χ3v) is 3.03. The van der Waals surface area contributed by atoms with E-state index in [-0.39, 0.29) is 0 Å². The Morgan fingerprint density at radius 3 is 2.94 bits per heavy atom. The van der Waals surface area contributed by atoms with Crippen molar-refractivity contribution in [2.75, 3.05) is 27.2 Å². The molecule has 1 heterocycles. The summed E-state index contributed by atoms with van der Waals surface area (Å²) in [6.45, 7) is 2.98. The lowest BCUT2D eigenvalue weighted by Crippen LogP contribution is -2.30. The minimum Gasteiger partial charge on any atom is -0.481 e. The van der Waals surface area contributed by atoms with Gasteiger partial charge >= 0.3 is 0 Å². The van der Waals surface area contributed by atoms with Crippen LogP contribution in [-0.4, -0.2) is 48.0 Å². The molecule has 2 rings (SSSR count). The highest BCUT2D eigenvalue weighted by Gasteiger charge is 2.19. The second-order valence-corrected chi connectivity index (χ2v) is 4.77. The summed E-state index contributed by atoms with van der Waals surface area (Å²) in [4.78, 5) is 2.27. The van der Waals surface area contributed by atoms with Gasteiger partial charge in [-0.1, -0.05) is 0 Å². The van der Waals surface area contributed by atoms with E-state index in [9.17, 15) is 0 Å². The normalized spacial score (nSPS) is 15.5. The largest absolute Gasteiger partial charge is 0.481 e. The number of ether oxygens (including phenoxy) is 1. The highest BCUT2D eigenvalue weighted by Crippen LogP contribution is 2.18. The monoisotopic (exact) mass is 238 g/mol. The van der Waals surface area contributed by atoms with Crippen LogP contribution in [0.5, 0.6) is 5.88 Å². The molecular formula is C12H22N4O. The molecule has 17 heavy (non-hydrogen) atoms. The molecule has 5 nitrogen and oxygen atoms in total. The Hall–Kier alpha value is -1.07. The van der Waals surface area contributed by atoms with Crippen LogP contribution in [0.1, 0.15) is 18.5 Å². The second-order valence-electron chi connectivity index (χ2n) is 4.77. The topological polar surface area (TPSA) is 42.3 Å². The van der Waals surface area contributed by atoms with Gasteiger partial charge in [-0.3, -0.25) is 4.90 Å². The average molecular weight is 238 g/mol. The van der Waals surface area contributed by atoms with Gasteiger partial charge in [-0.2, -0.15) is 5.10 Å². The fourth-order valence-electron chi connectivity index (χ4n) is 1.88. The summed E-state index contributed by atoms with van der Waals surface area (Å²) in [6, 6.07) is 2.78. The summed E-state index contributed by atoms with van der Waals surface area (Å²) in [7, 11) is 5.69. The Bertz CT molecular complexity index is 359. The highest BCUT2D eigenvalue weighted by atomic mass is 16.5. The first-order valence-corrected chi connectivity index (χ1v) is 6.18. The third-order valence-electron chi connectivity index (χ3n) is 3.03. The van der Waals surface area contributed by atoms with Crippen molar-refractivity contribution in [2.45, 2.75) is 25.4 Å². The van der Waals surface area contributed by atoms with Crippen LogP contribution in [0.25, 0.3) is 0 Å². The van der Waals surface area contributed by atoms with E-state index in [2.05, 4.69) is 22.4 Å². The van der Waals surface area contributed by atoms with Crippen LogP contribution in [0, 0.1) is 0 Å². The number of hydrogen-bond donors (Lipinski definition) is 1. The molecule has 5 heteroatoms. The second kappa shape index (κ2) is 5.51. The van der Waals surface area contributed by atoms with Crippen molar-refractivity contribution in [2.24, 2.45) is 7.05 Å². The molecule has 0 atom stereocenters. The van der Waals surface area contributed by atoms with Crippen LogP contribution < -0.4 is 10.1 Å². The molecule has 1 N–H and O–H groups in total. The standard InChI is InChI=1S/C12H22N4O/c1-15(7-6-13-10-4-5-10)9-11-8-12(17-3)16(2)14-11/h8,10,13H,4-7,9H2,1-3H3. The summed E-state index contributed by atoms with van der Waals surface area (Å²) < 4.78 is 6.97. The summed E-state index contributed by atoms with van der Waals surface area (Å²) >= 11 is 0. The maximum absolute atomic E-state index is 5.20. The molecule has 0 saturated heterocycles. The predicted molar refractivity (Wildman–Crippen MR) is 67.1 cm³/mol. The van der Waals surface area contributed by atoms with Crippen LogP contribution in [0.3, 0.4) is 0 Å². The molecule has 0 amide bonds. The Morgan fingerprint density at radius 2 is 2.35 bits per heavy atom. The van der Waals surface area contributed by atoms with Gasteiger partial charge in [0.2, 0.25) is 5.88 Å². The minimum atomic E-state index is 0.790. The minimum absolute atomic E-state index is 0.790.